The van der Waals surface area contributed by atoms with Crippen molar-refractivity contribution in [2.75, 3.05) is 6.61 Å². The Hall–Kier alpha value is -0.820. The van der Waals surface area contributed by atoms with Crippen molar-refractivity contribution in [1.82, 2.24) is 0 Å². The van der Waals surface area contributed by atoms with Gasteiger partial charge in [-0.25, -0.2) is 0 Å². The molecule has 1 fully saturated rings. The highest BCUT2D eigenvalue weighted by Gasteiger charge is 2.42. The molecule has 96 valence electrons. The van der Waals surface area contributed by atoms with Gasteiger partial charge in [-0.15, -0.1) is 6.58 Å². The van der Waals surface area contributed by atoms with Crippen molar-refractivity contribution in [1.29, 1.82) is 0 Å². The highest BCUT2D eigenvalue weighted by molar-refractivity contribution is 5.23. The second-order valence-electron chi connectivity index (χ2n) is 5.11. The van der Waals surface area contributed by atoms with Gasteiger partial charge in [-0.3, -0.25) is 0 Å². The quantitative estimate of drug-likeness (QED) is 0.629. The predicted octanol–water partition coefficient (Wildman–Crippen LogP) is 4.66. The standard InChI is InChI=1S/C16H26O/c1-6-12-17-16(14(5)7-2)11-9-8-10-15(16)13(3)4/h6-7,15H,1,3,8-12H2,2,4-5H3/b14-7-. The molecule has 0 aromatic carbocycles. The summed E-state index contributed by atoms with van der Waals surface area (Å²) in [5, 5.41) is 0. The third kappa shape index (κ3) is 2.90. The molecule has 0 aromatic rings. The van der Waals surface area contributed by atoms with Crippen LogP contribution in [-0.4, -0.2) is 12.2 Å². The maximum atomic E-state index is 6.20. The Morgan fingerprint density at radius 2 is 2.12 bits per heavy atom. The van der Waals surface area contributed by atoms with E-state index in [1.54, 1.807) is 0 Å². The van der Waals surface area contributed by atoms with Crippen LogP contribution in [0.2, 0.25) is 0 Å². The first-order chi connectivity index (χ1) is 8.08. The van der Waals surface area contributed by atoms with E-state index in [1.165, 1.54) is 30.4 Å². The summed E-state index contributed by atoms with van der Waals surface area (Å²) in [7, 11) is 0. The van der Waals surface area contributed by atoms with Gasteiger partial charge < -0.3 is 4.74 Å². The Bertz CT molecular complexity index is 313. The molecule has 17 heavy (non-hydrogen) atoms. The molecule has 1 saturated carbocycles. The van der Waals surface area contributed by atoms with Crippen molar-refractivity contribution in [3.63, 3.8) is 0 Å². The highest BCUT2D eigenvalue weighted by Crippen LogP contribution is 2.45. The van der Waals surface area contributed by atoms with Crippen LogP contribution in [0, 0.1) is 5.92 Å². The Morgan fingerprint density at radius 3 is 2.65 bits per heavy atom. The van der Waals surface area contributed by atoms with E-state index in [0.29, 0.717) is 12.5 Å². The average molecular weight is 234 g/mol. The number of hydrogen-bond donors (Lipinski definition) is 0. The van der Waals surface area contributed by atoms with Crippen molar-refractivity contribution in [3.8, 4) is 0 Å². The van der Waals surface area contributed by atoms with Gasteiger partial charge in [0, 0.05) is 5.92 Å². The molecule has 2 unspecified atom stereocenters. The Morgan fingerprint density at radius 1 is 1.41 bits per heavy atom. The van der Waals surface area contributed by atoms with Gasteiger partial charge in [0.15, 0.2) is 0 Å². The number of allylic oxidation sites excluding steroid dienone is 1. The van der Waals surface area contributed by atoms with Crippen LogP contribution in [0.15, 0.2) is 36.5 Å². The van der Waals surface area contributed by atoms with E-state index in [0.717, 1.165) is 6.42 Å². The number of hydrogen-bond acceptors (Lipinski definition) is 1. The average Bonchev–Trinajstić information content (AvgIpc) is 2.35. The molecule has 1 aliphatic rings. The van der Waals surface area contributed by atoms with Crippen molar-refractivity contribution < 1.29 is 4.74 Å². The fourth-order valence-corrected chi connectivity index (χ4v) is 3.00. The summed E-state index contributed by atoms with van der Waals surface area (Å²) >= 11 is 0. The van der Waals surface area contributed by atoms with Crippen LogP contribution >= 0.6 is 0 Å². The van der Waals surface area contributed by atoms with E-state index in [9.17, 15) is 0 Å². The van der Waals surface area contributed by atoms with E-state index in [4.69, 9.17) is 4.74 Å². The third-order valence-corrected chi connectivity index (χ3v) is 4.01. The molecule has 0 aromatic heterocycles. The molecule has 0 amide bonds. The van der Waals surface area contributed by atoms with Gasteiger partial charge in [0.2, 0.25) is 0 Å². The van der Waals surface area contributed by atoms with Crippen LogP contribution in [0.5, 0.6) is 0 Å². The summed E-state index contributed by atoms with van der Waals surface area (Å²) in [5.41, 5.74) is 2.45. The van der Waals surface area contributed by atoms with Gasteiger partial charge in [0.1, 0.15) is 0 Å². The molecule has 0 radical (unpaired) electrons. The van der Waals surface area contributed by atoms with Gasteiger partial charge in [-0.1, -0.05) is 37.1 Å². The van der Waals surface area contributed by atoms with E-state index < -0.39 is 0 Å². The molecule has 2 atom stereocenters. The van der Waals surface area contributed by atoms with Crippen LogP contribution in [0.3, 0.4) is 0 Å². The topological polar surface area (TPSA) is 9.23 Å². The highest BCUT2D eigenvalue weighted by atomic mass is 16.5. The van der Waals surface area contributed by atoms with Crippen molar-refractivity contribution in [2.24, 2.45) is 5.92 Å². The number of rotatable bonds is 5. The monoisotopic (exact) mass is 234 g/mol. The summed E-state index contributed by atoms with van der Waals surface area (Å²) in [6.45, 7) is 15.0. The lowest BCUT2D eigenvalue weighted by molar-refractivity contribution is -0.0582. The molecule has 0 heterocycles. The Labute approximate surface area is 106 Å². The van der Waals surface area contributed by atoms with Gasteiger partial charge in [-0.05, 0) is 39.2 Å². The summed E-state index contributed by atoms with van der Waals surface area (Å²) < 4.78 is 6.20. The zero-order valence-corrected chi connectivity index (χ0v) is 11.6. The lowest BCUT2D eigenvalue weighted by Gasteiger charge is -2.45. The molecule has 0 spiro atoms. The SMILES string of the molecule is C=CCOC1(/C(C)=C\C)CCCCC1C(=C)C. The number of ether oxygens (including phenoxy) is 1. The molecule has 1 nitrogen and oxygen atoms in total. The van der Waals surface area contributed by atoms with Gasteiger partial charge in [0.05, 0.1) is 12.2 Å². The fourth-order valence-electron chi connectivity index (χ4n) is 3.00. The second-order valence-corrected chi connectivity index (χ2v) is 5.11. The van der Waals surface area contributed by atoms with Crippen LogP contribution < -0.4 is 0 Å². The molecular weight excluding hydrogens is 208 g/mol. The predicted molar refractivity (Wildman–Crippen MR) is 75.1 cm³/mol. The normalized spacial score (nSPS) is 30.1. The Balaban J connectivity index is 3.07. The van der Waals surface area contributed by atoms with Crippen LogP contribution in [0.4, 0.5) is 0 Å². The van der Waals surface area contributed by atoms with E-state index in [1.807, 2.05) is 6.08 Å². The molecule has 1 heteroatoms. The molecule has 0 saturated heterocycles. The van der Waals surface area contributed by atoms with Gasteiger partial charge >= 0.3 is 0 Å². The van der Waals surface area contributed by atoms with E-state index >= 15 is 0 Å². The largest absolute Gasteiger partial charge is 0.366 e. The maximum absolute atomic E-state index is 6.20. The first-order valence-electron chi connectivity index (χ1n) is 6.62. The molecule has 1 rings (SSSR count). The first kappa shape index (κ1) is 14.2. The summed E-state index contributed by atoms with van der Waals surface area (Å²) in [5.74, 6) is 0.451. The fraction of sp³-hybridized carbons (Fsp3) is 0.625. The minimum absolute atomic E-state index is 0.132. The zero-order chi connectivity index (χ0) is 12.9. The molecule has 0 aliphatic heterocycles. The molecule has 1 aliphatic carbocycles. The van der Waals surface area contributed by atoms with Gasteiger partial charge in [-0.2, -0.15) is 0 Å². The van der Waals surface area contributed by atoms with Crippen LogP contribution in [0.25, 0.3) is 0 Å². The minimum atomic E-state index is -0.132. The Kier molecular flexibility index (Phi) is 5.20. The molecule has 0 N–H and O–H groups in total. The van der Waals surface area contributed by atoms with Crippen molar-refractivity contribution >= 4 is 0 Å². The summed E-state index contributed by atoms with van der Waals surface area (Å²) in [6, 6.07) is 0. The lowest BCUT2D eigenvalue weighted by atomic mass is 9.68. The minimum Gasteiger partial charge on any atom is -0.366 e. The smallest absolute Gasteiger partial charge is 0.0957 e. The molecule has 0 bridgehead atoms. The van der Waals surface area contributed by atoms with E-state index in [2.05, 4.69) is 40.0 Å². The lowest BCUT2D eigenvalue weighted by Crippen LogP contribution is -2.45. The van der Waals surface area contributed by atoms with Crippen LogP contribution in [-0.2, 0) is 4.74 Å². The van der Waals surface area contributed by atoms with Gasteiger partial charge in [0.25, 0.3) is 0 Å². The summed E-state index contributed by atoms with van der Waals surface area (Å²) in [4.78, 5) is 0. The van der Waals surface area contributed by atoms with Crippen LogP contribution in [0.1, 0.15) is 46.5 Å². The third-order valence-electron chi connectivity index (χ3n) is 4.01. The second kappa shape index (κ2) is 6.20. The summed E-state index contributed by atoms with van der Waals surface area (Å²) in [6.07, 6.45) is 8.85. The van der Waals surface area contributed by atoms with Crippen molar-refractivity contribution in [3.05, 3.63) is 36.5 Å². The maximum Gasteiger partial charge on any atom is 0.0957 e. The first-order valence-corrected chi connectivity index (χ1v) is 6.62. The zero-order valence-electron chi connectivity index (χ0n) is 11.6. The van der Waals surface area contributed by atoms with Crippen molar-refractivity contribution in [2.45, 2.75) is 52.1 Å². The van der Waals surface area contributed by atoms with E-state index in [-0.39, 0.29) is 5.60 Å². The molecular formula is C16H26O.